The minimum atomic E-state index is 0.0102. The molecule has 0 atom stereocenters. The lowest BCUT2D eigenvalue weighted by atomic mass is 9.92. The first-order chi connectivity index (χ1) is 6.86. The van der Waals surface area contributed by atoms with Crippen molar-refractivity contribution in [3.05, 3.63) is 20.2 Å². The molecule has 0 amide bonds. The smallest absolute Gasteiger partial charge is 0.146 e. The second-order valence-corrected chi connectivity index (χ2v) is 6.58. The summed E-state index contributed by atoms with van der Waals surface area (Å²) in [5.41, 5.74) is 1.04. The number of thioether (sulfide) groups is 1. The third kappa shape index (κ3) is 3.46. The fraction of sp³-hybridized carbons (Fsp3) is 0.600. The zero-order chi connectivity index (χ0) is 11.6. The minimum absolute atomic E-state index is 0.0102. The molecule has 0 unspecified atom stereocenters. The van der Waals surface area contributed by atoms with Gasteiger partial charge >= 0.3 is 0 Å². The van der Waals surface area contributed by atoms with Crippen LogP contribution in [0.4, 0.5) is 0 Å². The predicted octanol–water partition coefficient (Wildman–Crippen LogP) is 3.90. The Hall–Kier alpha value is 0.450. The lowest BCUT2D eigenvalue weighted by molar-refractivity contribution is 0.559. The quantitative estimate of drug-likeness (QED) is 0.594. The Labute approximate surface area is 114 Å². The number of nitrogens with zero attached hydrogens (tertiary/aromatic N) is 2. The van der Waals surface area contributed by atoms with Gasteiger partial charge in [0.1, 0.15) is 11.0 Å². The molecule has 0 saturated carbocycles. The highest BCUT2D eigenvalue weighted by Crippen LogP contribution is 2.29. The first kappa shape index (κ1) is 13.5. The maximum Gasteiger partial charge on any atom is 0.146 e. The van der Waals surface area contributed by atoms with Crippen LogP contribution in [0.25, 0.3) is 0 Å². The zero-order valence-electron chi connectivity index (χ0n) is 9.27. The Morgan fingerprint density at radius 1 is 1.33 bits per heavy atom. The van der Waals surface area contributed by atoms with Crippen LogP contribution in [0.3, 0.4) is 0 Å². The van der Waals surface area contributed by atoms with E-state index >= 15 is 0 Å². The summed E-state index contributed by atoms with van der Waals surface area (Å²) in [6.07, 6.45) is 2.03. The van der Waals surface area contributed by atoms with E-state index in [9.17, 15) is 0 Å². The second-order valence-electron chi connectivity index (χ2n) is 4.28. The van der Waals surface area contributed by atoms with Gasteiger partial charge in [0.05, 0.1) is 15.0 Å². The largest absolute Gasteiger partial charge is 0.235 e. The van der Waals surface area contributed by atoms with Crippen molar-refractivity contribution < 1.29 is 0 Å². The molecule has 84 valence electrons. The topological polar surface area (TPSA) is 25.8 Å². The number of hydrogen-bond acceptors (Lipinski definition) is 3. The van der Waals surface area contributed by atoms with Crippen molar-refractivity contribution in [2.75, 3.05) is 6.26 Å². The van der Waals surface area contributed by atoms with Gasteiger partial charge in [-0.05, 0) is 28.8 Å². The third-order valence-electron chi connectivity index (χ3n) is 1.84. The summed E-state index contributed by atoms with van der Waals surface area (Å²) >= 11 is 10.0. The molecule has 2 nitrogen and oxygen atoms in total. The molecule has 0 aliphatic carbocycles. The second kappa shape index (κ2) is 5.19. The molecule has 1 aromatic heterocycles. The molecule has 0 N–H and O–H groups in total. The molecule has 0 aliphatic rings. The van der Waals surface area contributed by atoms with Crippen molar-refractivity contribution in [3.8, 4) is 0 Å². The van der Waals surface area contributed by atoms with Crippen LogP contribution in [0.2, 0.25) is 5.15 Å². The van der Waals surface area contributed by atoms with Gasteiger partial charge in [-0.3, -0.25) is 0 Å². The molecule has 0 fully saturated rings. The van der Waals surface area contributed by atoms with E-state index in [-0.39, 0.29) is 5.41 Å². The van der Waals surface area contributed by atoms with Crippen molar-refractivity contribution in [2.24, 2.45) is 0 Å². The predicted molar refractivity (Wildman–Crippen MR) is 75.7 cm³/mol. The molecule has 1 rings (SSSR count). The van der Waals surface area contributed by atoms with Crippen LogP contribution in [0.15, 0.2) is 0 Å². The summed E-state index contributed by atoms with van der Waals surface area (Å²) < 4.78 is 0.964. The highest BCUT2D eigenvalue weighted by Gasteiger charge is 2.22. The average Bonchev–Trinajstić information content (AvgIpc) is 2.09. The van der Waals surface area contributed by atoms with Crippen molar-refractivity contribution in [1.29, 1.82) is 0 Å². The fourth-order valence-corrected chi connectivity index (χ4v) is 2.78. The summed E-state index contributed by atoms with van der Waals surface area (Å²) in [5.74, 6) is 1.62. The molecule has 15 heavy (non-hydrogen) atoms. The maximum absolute atomic E-state index is 6.09. The Balaban J connectivity index is 3.25. The van der Waals surface area contributed by atoms with E-state index in [4.69, 9.17) is 11.6 Å². The minimum Gasteiger partial charge on any atom is -0.235 e. The fourth-order valence-electron chi connectivity index (χ4n) is 1.15. The first-order valence-electron chi connectivity index (χ1n) is 4.57. The van der Waals surface area contributed by atoms with E-state index in [2.05, 4.69) is 53.3 Å². The number of rotatable bonds is 2. The van der Waals surface area contributed by atoms with E-state index in [1.54, 1.807) is 11.8 Å². The summed E-state index contributed by atoms with van der Waals surface area (Å²) in [4.78, 5) is 8.83. The van der Waals surface area contributed by atoms with Gasteiger partial charge in [0.25, 0.3) is 0 Å². The van der Waals surface area contributed by atoms with Gasteiger partial charge in [-0.2, -0.15) is 11.8 Å². The molecule has 0 radical (unpaired) electrons. The van der Waals surface area contributed by atoms with Crippen LogP contribution < -0.4 is 0 Å². The highest BCUT2D eigenvalue weighted by molar-refractivity contribution is 14.1. The van der Waals surface area contributed by atoms with Crippen LogP contribution in [0.1, 0.15) is 32.3 Å². The van der Waals surface area contributed by atoms with E-state index < -0.39 is 0 Å². The molecule has 5 heteroatoms. The van der Waals surface area contributed by atoms with E-state index in [0.717, 1.165) is 20.8 Å². The third-order valence-corrected chi connectivity index (χ3v) is 4.00. The van der Waals surface area contributed by atoms with E-state index in [0.29, 0.717) is 5.15 Å². The zero-order valence-corrected chi connectivity index (χ0v) is 13.0. The van der Waals surface area contributed by atoms with Gasteiger partial charge in [-0.15, -0.1) is 0 Å². The molecule has 1 heterocycles. The molecule has 0 spiro atoms. The molecule has 0 bridgehead atoms. The Kier molecular flexibility index (Phi) is 4.67. The van der Waals surface area contributed by atoms with Gasteiger partial charge in [0.2, 0.25) is 0 Å². The number of aromatic nitrogens is 2. The number of hydrogen-bond donors (Lipinski definition) is 0. The lowest BCUT2D eigenvalue weighted by Crippen LogP contribution is -2.18. The Bertz CT molecular complexity index is 363. The summed E-state index contributed by atoms with van der Waals surface area (Å²) in [5, 5.41) is 0.569. The van der Waals surface area contributed by atoms with Gasteiger partial charge in [0.15, 0.2) is 0 Å². The lowest BCUT2D eigenvalue weighted by Gasteiger charge is -2.20. The van der Waals surface area contributed by atoms with E-state index in [1.165, 1.54) is 0 Å². The van der Waals surface area contributed by atoms with Gasteiger partial charge in [-0.25, -0.2) is 9.97 Å². The number of halogens is 2. The summed E-state index contributed by atoms with van der Waals surface area (Å²) in [7, 11) is 0. The maximum atomic E-state index is 6.09. The van der Waals surface area contributed by atoms with Crippen LogP contribution >= 0.6 is 46.0 Å². The molecule has 1 aromatic rings. The normalized spacial score (nSPS) is 11.9. The summed E-state index contributed by atoms with van der Waals surface area (Å²) in [6, 6.07) is 0. The monoisotopic (exact) mass is 356 g/mol. The van der Waals surface area contributed by atoms with Gasteiger partial charge in [0, 0.05) is 5.41 Å². The van der Waals surface area contributed by atoms with Gasteiger partial charge in [-0.1, -0.05) is 32.4 Å². The molecule has 0 aliphatic heterocycles. The van der Waals surface area contributed by atoms with Crippen molar-refractivity contribution in [1.82, 2.24) is 9.97 Å². The molecule has 0 saturated heterocycles. The standard InChI is InChI=1S/C10H14ClIN2S/c1-10(2,3)8-7(12)9(11)14-6(13-8)5-15-4/h5H2,1-4H3. The Morgan fingerprint density at radius 3 is 2.40 bits per heavy atom. The van der Waals surface area contributed by atoms with Crippen molar-refractivity contribution >= 4 is 46.0 Å². The van der Waals surface area contributed by atoms with Crippen LogP contribution in [-0.2, 0) is 11.2 Å². The molecular weight excluding hydrogens is 343 g/mol. The average molecular weight is 357 g/mol. The van der Waals surface area contributed by atoms with Gasteiger partial charge < -0.3 is 0 Å². The SMILES string of the molecule is CSCc1nc(Cl)c(I)c(C(C)(C)C)n1. The van der Waals surface area contributed by atoms with Crippen molar-refractivity contribution in [2.45, 2.75) is 31.9 Å². The van der Waals surface area contributed by atoms with Crippen LogP contribution in [0.5, 0.6) is 0 Å². The Morgan fingerprint density at radius 2 is 1.93 bits per heavy atom. The first-order valence-corrected chi connectivity index (χ1v) is 7.42. The van der Waals surface area contributed by atoms with E-state index in [1.807, 2.05) is 6.26 Å². The van der Waals surface area contributed by atoms with Crippen molar-refractivity contribution in [3.63, 3.8) is 0 Å². The summed E-state index contributed by atoms with van der Waals surface area (Å²) in [6.45, 7) is 6.41. The highest BCUT2D eigenvalue weighted by atomic mass is 127. The molecule has 0 aromatic carbocycles. The van der Waals surface area contributed by atoms with Crippen LogP contribution in [0, 0.1) is 3.57 Å². The molecular formula is C10H14ClIN2S. The van der Waals surface area contributed by atoms with Crippen LogP contribution in [-0.4, -0.2) is 16.2 Å².